The summed E-state index contributed by atoms with van der Waals surface area (Å²) in [5.41, 5.74) is 1.18. The molecule has 2 heterocycles. The molecule has 9 heteroatoms. The number of nitrogens with one attached hydrogen (secondary N) is 1. The average Bonchev–Trinajstić information content (AvgIpc) is 3.21. The number of benzene rings is 1. The Morgan fingerprint density at radius 2 is 2.22 bits per heavy atom. The molecule has 0 saturated heterocycles. The van der Waals surface area contributed by atoms with Gasteiger partial charge in [0.15, 0.2) is 5.13 Å². The first-order valence-electron chi connectivity index (χ1n) is 8.39. The lowest BCUT2D eigenvalue weighted by Crippen LogP contribution is -2.11. The van der Waals surface area contributed by atoms with E-state index >= 15 is 0 Å². The minimum absolute atomic E-state index is 0.0860. The number of carboxylic acid groups (broad SMARTS) is 1. The third kappa shape index (κ3) is 4.14. The molecule has 27 heavy (non-hydrogen) atoms. The van der Waals surface area contributed by atoms with Crippen molar-refractivity contribution in [3.63, 3.8) is 0 Å². The molecule has 0 bridgehead atoms. The van der Waals surface area contributed by atoms with Crippen LogP contribution in [-0.4, -0.2) is 32.3 Å². The van der Waals surface area contributed by atoms with Gasteiger partial charge in [0, 0.05) is 23.5 Å². The fourth-order valence-electron chi connectivity index (χ4n) is 2.86. The number of thiazole rings is 1. The maximum Gasteiger partial charge on any atom is 0.313 e. The number of thioether (sulfide) groups is 1. The predicted molar refractivity (Wildman–Crippen MR) is 103 cm³/mol. The summed E-state index contributed by atoms with van der Waals surface area (Å²) < 4.78 is 15.6. The second-order valence-electron chi connectivity index (χ2n) is 6.43. The van der Waals surface area contributed by atoms with Crippen molar-refractivity contribution < 1.29 is 19.1 Å². The van der Waals surface area contributed by atoms with E-state index in [0.717, 1.165) is 31.1 Å². The Morgan fingerprint density at radius 3 is 2.96 bits per heavy atom. The van der Waals surface area contributed by atoms with Gasteiger partial charge >= 0.3 is 5.97 Å². The smallest absolute Gasteiger partial charge is 0.313 e. The van der Waals surface area contributed by atoms with Crippen LogP contribution in [0.25, 0.3) is 10.9 Å². The van der Waals surface area contributed by atoms with E-state index in [-0.39, 0.29) is 17.5 Å². The SMILES string of the molecule is O=C(O)CSc1csc(NC(=O)c2cn(CC3CC3)c3cc(F)ccc23)n1. The summed E-state index contributed by atoms with van der Waals surface area (Å²) >= 11 is 2.33. The number of aromatic nitrogens is 2. The molecule has 140 valence electrons. The van der Waals surface area contributed by atoms with Crippen molar-refractivity contribution in [2.75, 3.05) is 11.1 Å². The molecule has 1 aromatic carbocycles. The average molecular weight is 405 g/mol. The quantitative estimate of drug-likeness (QED) is 0.579. The summed E-state index contributed by atoms with van der Waals surface area (Å²) in [5.74, 6) is -1.06. The molecule has 0 spiro atoms. The van der Waals surface area contributed by atoms with Crippen molar-refractivity contribution >= 4 is 51.0 Å². The van der Waals surface area contributed by atoms with Gasteiger partial charge in [-0.25, -0.2) is 9.37 Å². The number of halogens is 1. The van der Waals surface area contributed by atoms with Crippen LogP contribution in [-0.2, 0) is 11.3 Å². The highest BCUT2D eigenvalue weighted by atomic mass is 32.2. The zero-order valence-electron chi connectivity index (χ0n) is 14.1. The summed E-state index contributed by atoms with van der Waals surface area (Å²) in [6, 6.07) is 4.43. The van der Waals surface area contributed by atoms with Gasteiger partial charge in [-0.3, -0.25) is 14.9 Å². The van der Waals surface area contributed by atoms with Gasteiger partial charge in [-0.05, 0) is 37.0 Å². The van der Waals surface area contributed by atoms with Crippen LogP contribution in [0.1, 0.15) is 23.2 Å². The van der Waals surface area contributed by atoms with E-state index < -0.39 is 5.97 Å². The first-order valence-corrected chi connectivity index (χ1v) is 10.3. The van der Waals surface area contributed by atoms with Gasteiger partial charge in [0.05, 0.1) is 16.8 Å². The van der Waals surface area contributed by atoms with Crippen LogP contribution in [0.3, 0.4) is 0 Å². The Kier molecular flexibility index (Phi) is 4.88. The number of hydrogen-bond donors (Lipinski definition) is 2. The summed E-state index contributed by atoms with van der Waals surface area (Å²) in [7, 11) is 0. The highest BCUT2D eigenvalue weighted by Gasteiger charge is 2.24. The van der Waals surface area contributed by atoms with Crippen LogP contribution in [0, 0.1) is 11.7 Å². The molecule has 0 radical (unpaired) electrons. The number of nitrogens with zero attached hydrogens (tertiary/aromatic N) is 2. The lowest BCUT2D eigenvalue weighted by Gasteiger charge is -2.02. The Labute approximate surface area is 162 Å². The van der Waals surface area contributed by atoms with E-state index in [0.29, 0.717) is 32.5 Å². The zero-order valence-corrected chi connectivity index (χ0v) is 15.8. The third-order valence-electron chi connectivity index (χ3n) is 4.29. The molecule has 1 aliphatic carbocycles. The number of rotatable bonds is 7. The number of amides is 1. The molecule has 2 N–H and O–H groups in total. The lowest BCUT2D eigenvalue weighted by molar-refractivity contribution is -0.133. The van der Waals surface area contributed by atoms with Crippen molar-refractivity contribution in [2.24, 2.45) is 5.92 Å². The molecule has 1 fully saturated rings. The Bertz CT molecular complexity index is 1030. The minimum Gasteiger partial charge on any atom is -0.481 e. The summed E-state index contributed by atoms with van der Waals surface area (Å²) in [4.78, 5) is 27.6. The maximum atomic E-state index is 13.7. The first kappa shape index (κ1) is 18.0. The molecule has 1 aliphatic rings. The van der Waals surface area contributed by atoms with Crippen molar-refractivity contribution in [1.29, 1.82) is 0 Å². The molecule has 0 unspecified atom stereocenters. The number of carbonyl (C=O) groups is 2. The zero-order chi connectivity index (χ0) is 19.0. The maximum absolute atomic E-state index is 13.7. The van der Waals surface area contributed by atoms with E-state index in [4.69, 9.17) is 5.11 Å². The predicted octanol–water partition coefficient (Wildman–Crippen LogP) is 4.08. The van der Waals surface area contributed by atoms with E-state index in [1.165, 1.54) is 23.5 Å². The molecule has 1 saturated carbocycles. The van der Waals surface area contributed by atoms with Crippen LogP contribution in [0.5, 0.6) is 0 Å². The molecule has 6 nitrogen and oxygen atoms in total. The molecule has 1 amide bonds. The summed E-state index contributed by atoms with van der Waals surface area (Å²) in [6.45, 7) is 0.778. The number of aliphatic carboxylic acids is 1. The van der Waals surface area contributed by atoms with Crippen LogP contribution in [0.4, 0.5) is 9.52 Å². The van der Waals surface area contributed by atoms with E-state index in [9.17, 15) is 14.0 Å². The van der Waals surface area contributed by atoms with Gasteiger partial charge in [-0.15, -0.1) is 11.3 Å². The number of carboxylic acids is 1. The monoisotopic (exact) mass is 405 g/mol. The highest BCUT2D eigenvalue weighted by Crippen LogP contribution is 2.33. The van der Waals surface area contributed by atoms with Crippen molar-refractivity contribution in [3.05, 3.63) is 41.2 Å². The van der Waals surface area contributed by atoms with Gasteiger partial charge in [-0.2, -0.15) is 0 Å². The third-order valence-corrected chi connectivity index (χ3v) is 6.09. The fourth-order valence-corrected chi connectivity index (χ4v) is 4.33. The molecule has 0 aliphatic heterocycles. The van der Waals surface area contributed by atoms with Gasteiger partial charge in [-0.1, -0.05) is 11.8 Å². The molecule has 3 aromatic rings. The minimum atomic E-state index is -0.922. The van der Waals surface area contributed by atoms with Gasteiger partial charge in [0.2, 0.25) is 0 Å². The van der Waals surface area contributed by atoms with Crippen LogP contribution in [0.2, 0.25) is 0 Å². The van der Waals surface area contributed by atoms with Crippen LogP contribution >= 0.6 is 23.1 Å². The van der Waals surface area contributed by atoms with E-state index in [1.807, 2.05) is 4.57 Å². The first-order chi connectivity index (χ1) is 13.0. The largest absolute Gasteiger partial charge is 0.481 e. The highest BCUT2D eigenvalue weighted by molar-refractivity contribution is 8.00. The van der Waals surface area contributed by atoms with E-state index in [1.54, 1.807) is 17.6 Å². The normalized spacial score (nSPS) is 13.8. The lowest BCUT2D eigenvalue weighted by atomic mass is 10.1. The molecular formula is C18H16FN3O3S2. The summed E-state index contributed by atoms with van der Waals surface area (Å²) in [6.07, 6.45) is 4.09. The second kappa shape index (κ2) is 7.32. The standard InChI is InChI=1S/C18H16FN3O3S2/c19-11-3-4-12-13(7-22(14(12)5-11)6-10-1-2-10)17(25)21-18-20-15(8-27-18)26-9-16(23)24/h3-5,7-8,10H,1-2,6,9H2,(H,23,24)(H,20,21,25). The van der Waals surface area contributed by atoms with Gasteiger partial charge in [0.1, 0.15) is 10.8 Å². The number of hydrogen-bond acceptors (Lipinski definition) is 5. The number of carbonyl (C=O) groups excluding carboxylic acids is 1. The summed E-state index contributed by atoms with van der Waals surface area (Å²) in [5, 5.41) is 14.8. The topological polar surface area (TPSA) is 84.2 Å². The molecule has 0 atom stereocenters. The molecular weight excluding hydrogens is 389 g/mol. The van der Waals surface area contributed by atoms with Crippen LogP contribution in [0.15, 0.2) is 34.8 Å². The molecule has 4 rings (SSSR count). The molecule has 2 aromatic heterocycles. The van der Waals surface area contributed by atoms with Gasteiger partial charge in [0.25, 0.3) is 5.91 Å². The van der Waals surface area contributed by atoms with Crippen molar-refractivity contribution in [2.45, 2.75) is 24.4 Å². The van der Waals surface area contributed by atoms with E-state index in [2.05, 4.69) is 10.3 Å². The number of anilines is 1. The Morgan fingerprint density at radius 1 is 1.41 bits per heavy atom. The van der Waals surface area contributed by atoms with Crippen LogP contribution < -0.4 is 5.32 Å². The number of fused-ring (bicyclic) bond motifs is 1. The second-order valence-corrected chi connectivity index (χ2v) is 8.28. The van der Waals surface area contributed by atoms with Gasteiger partial charge < -0.3 is 9.67 Å². The van der Waals surface area contributed by atoms with Crippen molar-refractivity contribution in [3.8, 4) is 0 Å². The Balaban J connectivity index is 1.56. The Hall–Kier alpha value is -2.39. The van der Waals surface area contributed by atoms with Crippen molar-refractivity contribution in [1.82, 2.24) is 9.55 Å². The fraction of sp³-hybridized carbons (Fsp3) is 0.278.